The molecule has 1 amide bonds. The molecule has 0 aromatic carbocycles. The number of aliphatic hydroxyl groups is 1. The van der Waals surface area contributed by atoms with Gasteiger partial charge in [-0.1, -0.05) is 0 Å². The Kier molecular flexibility index (Phi) is 4.51. The van der Waals surface area contributed by atoms with Crippen LogP contribution in [0.4, 0.5) is 0 Å². The first-order chi connectivity index (χ1) is 9.13. The minimum atomic E-state index is -2.08. The Morgan fingerprint density at radius 3 is 2.50 bits per heavy atom. The summed E-state index contributed by atoms with van der Waals surface area (Å²) in [4.78, 5) is 33.9. The van der Waals surface area contributed by atoms with Gasteiger partial charge in [0, 0.05) is 11.8 Å². The first-order valence-corrected chi connectivity index (χ1v) is 5.76. The minimum absolute atomic E-state index is 0.196. The van der Waals surface area contributed by atoms with E-state index in [1.165, 1.54) is 6.07 Å². The fourth-order valence-electron chi connectivity index (χ4n) is 1.46. The molecular formula is C12H16N2O6. The highest BCUT2D eigenvalue weighted by atomic mass is 16.4. The van der Waals surface area contributed by atoms with Gasteiger partial charge in [0.15, 0.2) is 5.60 Å². The number of amides is 1. The molecule has 0 aliphatic carbocycles. The van der Waals surface area contributed by atoms with E-state index >= 15 is 0 Å². The molecule has 0 fully saturated rings. The Hall–Kier alpha value is -2.35. The van der Waals surface area contributed by atoms with Gasteiger partial charge in [-0.05, 0) is 19.9 Å². The van der Waals surface area contributed by atoms with E-state index in [4.69, 9.17) is 5.11 Å². The third kappa shape index (κ3) is 3.82. The quantitative estimate of drug-likeness (QED) is 0.538. The number of pyridine rings is 1. The molecule has 8 heteroatoms. The van der Waals surface area contributed by atoms with Crippen LogP contribution in [0.2, 0.25) is 0 Å². The smallest absolute Gasteiger partial charge is 0.337 e. The van der Waals surface area contributed by atoms with E-state index in [-0.39, 0.29) is 12.3 Å². The maximum Gasteiger partial charge on any atom is 0.337 e. The van der Waals surface area contributed by atoms with E-state index < -0.39 is 29.6 Å². The molecule has 20 heavy (non-hydrogen) atoms. The van der Waals surface area contributed by atoms with Crippen molar-refractivity contribution < 1.29 is 24.9 Å². The van der Waals surface area contributed by atoms with E-state index in [2.05, 4.69) is 5.32 Å². The Bertz CT molecular complexity index is 590. The molecule has 1 aromatic rings. The lowest BCUT2D eigenvalue weighted by Crippen LogP contribution is -2.47. The highest BCUT2D eigenvalue weighted by Gasteiger charge is 2.30. The van der Waals surface area contributed by atoms with E-state index in [0.29, 0.717) is 5.69 Å². The van der Waals surface area contributed by atoms with Crippen molar-refractivity contribution in [3.8, 4) is 5.75 Å². The molecule has 1 aromatic heterocycles. The number of carbonyl (C=O) groups excluding carboxylic acids is 1. The lowest BCUT2D eigenvalue weighted by Gasteiger charge is -2.18. The fourth-order valence-corrected chi connectivity index (χ4v) is 1.46. The molecule has 0 saturated heterocycles. The second kappa shape index (κ2) is 5.74. The number of rotatable bonds is 5. The number of nitrogens with one attached hydrogen (secondary N) is 1. The highest BCUT2D eigenvalue weighted by Crippen LogP contribution is 2.06. The Morgan fingerprint density at radius 2 is 2.00 bits per heavy atom. The second-order valence-electron chi connectivity index (χ2n) is 4.64. The Morgan fingerprint density at radius 1 is 1.40 bits per heavy atom. The van der Waals surface area contributed by atoms with Crippen LogP contribution in [0.1, 0.15) is 12.6 Å². The third-order valence-electron chi connectivity index (χ3n) is 2.71. The number of aromatic nitrogens is 1. The number of carbonyl (C=O) groups is 2. The van der Waals surface area contributed by atoms with E-state index in [1.54, 1.807) is 6.92 Å². The zero-order valence-corrected chi connectivity index (χ0v) is 11.1. The predicted molar refractivity (Wildman–Crippen MR) is 68.4 cm³/mol. The summed E-state index contributed by atoms with van der Waals surface area (Å²) in [7, 11) is 0. The van der Waals surface area contributed by atoms with Gasteiger partial charge in [-0.25, -0.2) is 4.79 Å². The molecule has 1 unspecified atom stereocenters. The average molecular weight is 284 g/mol. The Balaban J connectivity index is 2.74. The van der Waals surface area contributed by atoms with Crippen molar-refractivity contribution in [2.24, 2.45) is 0 Å². The van der Waals surface area contributed by atoms with Crippen molar-refractivity contribution in [2.45, 2.75) is 26.0 Å². The van der Waals surface area contributed by atoms with E-state index in [1.807, 2.05) is 0 Å². The van der Waals surface area contributed by atoms with Gasteiger partial charge in [-0.3, -0.25) is 9.59 Å². The summed E-state index contributed by atoms with van der Waals surface area (Å²) in [6.07, 6.45) is 0. The average Bonchev–Trinajstić information content (AvgIpc) is 2.31. The van der Waals surface area contributed by atoms with Crippen LogP contribution in [0.3, 0.4) is 0 Å². The van der Waals surface area contributed by atoms with Gasteiger partial charge < -0.3 is 25.2 Å². The van der Waals surface area contributed by atoms with Crippen molar-refractivity contribution in [2.75, 3.05) is 6.54 Å². The van der Waals surface area contributed by atoms with Gasteiger partial charge in [-0.2, -0.15) is 0 Å². The van der Waals surface area contributed by atoms with Crippen molar-refractivity contribution in [1.82, 2.24) is 9.88 Å². The summed E-state index contributed by atoms with van der Waals surface area (Å²) in [5.74, 6) is -2.28. The zero-order valence-electron chi connectivity index (χ0n) is 11.1. The fraction of sp³-hybridized carbons (Fsp3) is 0.417. The summed E-state index contributed by atoms with van der Waals surface area (Å²) < 4.78 is 1.12. The molecule has 0 bridgehead atoms. The third-order valence-corrected chi connectivity index (χ3v) is 2.71. The number of aliphatic carboxylic acids is 1. The maximum atomic E-state index is 11.6. The summed E-state index contributed by atoms with van der Waals surface area (Å²) in [5, 5.41) is 29.6. The number of nitrogens with zero attached hydrogens (tertiary/aromatic N) is 1. The predicted octanol–water partition coefficient (Wildman–Crippen LogP) is -1.19. The van der Waals surface area contributed by atoms with Crippen LogP contribution < -0.4 is 10.9 Å². The first-order valence-electron chi connectivity index (χ1n) is 5.76. The van der Waals surface area contributed by atoms with Crippen molar-refractivity contribution in [3.63, 3.8) is 0 Å². The number of aryl methyl sites for hydroxylation is 1. The summed E-state index contributed by atoms with van der Waals surface area (Å²) in [5.41, 5.74) is -2.25. The zero-order chi connectivity index (χ0) is 15.5. The van der Waals surface area contributed by atoms with Crippen LogP contribution in [0.25, 0.3) is 0 Å². The first kappa shape index (κ1) is 15.7. The minimum Gasteiger partial charge on any atom is -0.508 e. The van der Waals surface area contributed by atoms with Crippen LogP contribution in [-0.2, 0) is 16.1 Å². The van der Waals surface area contributed by atoms with Crippen LogP contribution in [0.5, 0.6) is 5.75 Å². The molecule has 1 rings (SSSR count). The standard InChI is InChI=1S/C12H16N2O6/c1-7-3-8(15)4-10(17)14(7)5-9(16)13-6-12(2,20)11(18)19/h3-4,15,20H,5-6H2,1-2H3,(H,13,16)(H,18,19). The number of carboxylic acid groups (broad SMARTS) is 1. The Labute approximate surface area is 114 Å². The van der Waals surface area contributed by atoms with Gasteiger partial charge in [0.05, 0.1) is 6.54 Å². The molecule has 0 aliphatic heterocycles. The van der Waals surface area contributed by atoms with Crippen molar-refractivity contribution >= 4 is 11.9 Å². The SMILES string of the molecule is Cc1cc(O)cc(=O)n1CC(=O)NCC(C)(O)C(=O)O. The molecule has 0 radical (unpaired) electrons. The van der Waals surface area contributed by atoms with Crippen LogP contribution in [-0.4, -0.2) is 43.9 Å². The molecule has 0 spiro atoms. The summed E-state index contributed by atoms with van der Waals surface area (Å²) in [6.45, 7) is 1.78. The topological polar surface area (TPSA) is 129 Å². The second-order valence-corrected chi connectivity index (χ2v) is 4.64. The summed E-state index contributed by atoms with van der Waals surface area (Å²) >= 11 is 0. The largest absolute Gasteiger partial charge is 0.508 e. The molecule has 8 nitrogen and oxygen atoms in total. The highest BCUT2D eigenvalue weighted by molar-refractivity contribution is 5.80. The van der Waals surface area contributed by atoms with Crippen LogP contribution in [0, 0.1) is 6.92 Å². The summed E-state index contributed by atoms with van der Waals surface area (Å²) in [6, 6.07) is 2.29. The monoisotopic (exact) mass is 284 g/mol. The molecule has 0 aliphatic rings. The lowest BCUT2D eigenvalue weighted by atomic mass is 10.1. The molecule has 110 valence electrons. The van der Waals surface area contributed by atoms with Gasteiger partial charge in [-0.15, -0.1) is 0 Å². The normalized spacial score (nSPS) is 13.6. The van der Waals surface area contributed by atoms with Gasteiger partial charge in [0.25, 0.3) is 5.56 Å². The lowest BCUT2D eigenvalue weighted by molar-refractivity contribution is -0.156. The van der Waals surface area contributed by atoms with Crippen molar-refractivity contribution in [3.05, 3.63) is 28.2 Å². The molecule has 1 atom stereocenters. The van der Waals surface area contributed by atoms with E-state index in [0.717, 1.165) is 17.6 Å². The van der Waals surface area contributed by atoms with Gasteiger partial charge >= 0.3 is 5.97 Å². The molecular weight excluding hydrogens is 268 g/mol. The number of carboxylic acids is 1. The van der Waals surface area contributed by atoms with Gasteiger partial charge in [0.1, 0.15) is 12.3 Å². The molecule has 4 N–H and O–H groups in total. The molecule has 1 heterocycles. The number of aromatic hydroxyl groups is 1. The number of hydrogen-bond donors (Lipinski definition) is 4. The van der Waals surface area contributed by atoms with Crippen LogP contribution >= 0.6 is 0 Å². The maximum absolute atomic E-state index is 11.6. The van der Waals surface area contributed by atoms with Crippen molar-refractivity contribution in [1.29, 1.82) is 0 Å². The van der Waals surface area contributed by atoms with E-state index in [9.17, 15) is 24.6 Å². The van der Waals surface area contributed by atoms with Gasteiger partial charge in [0.2, 0.25) is 5.91 Å². The van der Waals surface area contributed by atoms with Crippen LogP contribution in [0.15, 0.2) is 16.9 Å². The number of hydrogen-bond acceptors (Lipinski definition) is 5. The molecule has 0 saturated carbocycles.